The van der Waals surface area contributed by atoms with Crippen molar-refractivity contribution < 1.29 is 27.8 Å². The summed E-state index contributed by atoms with van der Waals surface area (Å²) in [6, 6.07) is 16.4. The van der Waals surface area contributed by atoms with E-state index in [2.05, 4.69) is 4.72 Å². The van der Waals surface area contributed by atoms with Gasteiger partial charge in [-0.2, -0.15) is 0 Å². The number of halogens is 2. The Labute approximate surface area is 221 Å². The second kappa shape index (κ2) is 10.2. The van der Waals surface area contributed by atoms with E-state index in [1.54, 1.807) is 39.0 Å². The maximum absolute atomic E-state index is 13.3. The predicted octanol–water partition coefficient (Wildman–Crippen LogP) is 6.67. The van der Waals surface area contributed by atoms with Crippen molar-refractivity contribution in [3.8, 4) is 22.6 Å². The number of esters is 1. The van der Waals surface area contributed by atoms with E-state index in [-0.39, 0.29) is 21.5 Å². The monoisotopic (exact) mass is 551 g/mol. The molecule has 3 aromatic rings. The number of phenolic OH excluding ortho intramolecular Hbond substituents is 1. The molecule has 0 amide bonds. The lowest BCUT2D eigenvalue weighted by atomic mass is 10.0. The van der Waals surface area contributed by atoms with E-state index in [0.717, 1.165) is 11.6 Å². The fourth-order valence-electron chi connectivity index (χ4n) is 3.17. The van der Waals surface area contributed by atoms with Gasteiger partial charge in [0.25, 0.3) is 10.0 Å². The number of sulfonamides is 1. The average molecular weight is 552 g/mol. The van der Waals surface area contributed by atoms with Gasteiger partial charge in [0.1, 0.15) is 16.2 Å². The zero-order chi connectivity index (χ0) is 26.9. The number of carbonyl (C=O) groups is 1. The normalized spacial score (nSPS) is 12.2. The highest BCUT2D eigenvalue weighted by molar-refractivity contribution is 7.92. The molecule has 0 aliphatic carbocycles. The smallest absolute Gasteiger partial charge is 0.350 e. The van der Waals surface area contributed by atoms with E-state index in [4.69, 9.17) is 32.7 Å². The minimum Gasteiger partial charge on any atom is -0.505 e. The number of nitrogens with one attached hydrogen (secondary N) is 1. The van der Waals surface area contributed by atoms with Crippen molar-refractivity contribution in [1.82, 2.24) is 0 Å². The number of carbonyl (C=O) groups excluding carboxylic acids is 1. The van der Waals surface area contributed by atoms with Crippen LogP contribution in [0.1, 0.15) is 34.6 Å². The van der Waals surface area contributed by atoms with Crippen molar-refractivity contribution >= 4 is 44.9 Å². The minimum atomic E-state index is -4.38. The Kier molecular flexibility index (Phi) is 7.83. The second-order valence-electron chi connectivity index (χ2n) is 9.53. The van der Waals surface area contributed by atoms with Gasteiger partial charge in [-0.3, -0.25) is 4.72 Å². The molecule has 0 fully saturated rings. The van der Waals surface area contributed by atoms with Crippen LogP contribution in [-0.2, 0) is 19.6 Å². The molecular formula is C26H27Cl2NO6S. The zero-order valence-electron chi connectivity index (χ0n) is 20.4. The van der Waals surface area contributed by atoms with Crippen LogP contribution >= 0.6 is 23.2 Å². The first-order valence-electron chi connectivity index (χ1n) is 10.9. The van der Waals surface area contributed by atoms with Gasteiger partial charge in [0.15, 0.2) is 11.4 Å². The molecule has 0 aliphatic rings. The quantitative estimate of drug-likeness (QED) is 0.318. The topological polar surface area (TPSA) is 102 Å². The number of ether oxygens (including phenoxy) is 2. The summed E-state index contributed by atoms with van der Waals surface area (Å²) in [7, 11) is -4.38. The fourth-order valence-corrected chi connectivity index (χ4v) is 4.99. The van der Waals surface area contributed by atoms with Gasteiger partial charge >= 0.3 is 5.97 Å². The van der Waals surface area contributed by atoms with Crippen LogP contribution in [0.4, 0.5) is 5.69 Å². The Morgan fingerprint density at radius 3 is 2.17 bits per heavy atom. The van der Waals surface area contributed by atoms with Gasteiger partial charge in [0.05, 0.1) is 10.7 Å². The number of rotatable bonds is 7. The lowest BCUT2D eigenvalue weighted by Gasteiger charge is -2.30. The third-order valence-corrected chi connectivity index (χ3v) is 6.75. The minimum absolute atomic E-state index is 0.0266. The Bertz CT molecular complexity index is 1380. The van der Waals surface area contributed by atoms with Gasteiger partial charge in [-0.15, -0.1) is 0 Å². The van der Waals surface area contributed by atoms with Gasteiger partial charge in [0.2, 0.25) is 0 Å². The maximum Gasteiger partial charge on any atom is 0.350 e. The fraction of sp³-hybridized carbons (Fsp3) is 0.269. The highest BCUT2D eigenvalue weighted by Gasteiger charge is 2.36. The molecule has 0 aromatic heterocycles. The van der Waals surface area contributed by atoms with Crippen molar-refractivity contribution in [2.24, 2.45) is 0 Å². The Morgan fingerprint density at radius 1 is 0.917 bits per heavy atom. The lowest BCUT2D eigenvalue weighted by Crippen LogP contribution is -2.43. The Balaban J connectivity index is 2.08. The van der Waals surface area contributed by atoms with Crippen molar-refractivity contribution in [2.75, 3.05) is 4.72 Å². The van der Waals surface area contributed by atoms with Crippen molar-refractivity contribution in [3.05, 3.63) is 70.7 Å². The molecule has 0 unspecified atom stereocenters. The number of hydrogen-bond donors (Lipinski definition) is 2. The first-order chi connectivity index (χ1) is 16.6. The van der Waals surface area contributed by atoms with Gasteiger partial charge in [-0.05, 0) is 70.0 Å². The molecule has 0 heterocycles. The van der Waals surface area contributed by atoms with Gasteiger partial charge in [0, 0.05) is 5.02 Å². The molecule has 3 rings (SSSR count). The average Bonchev–Trinajstić information content (AvgIpc) is 2.76. The van der Waals surface area contributed by atoms with E-state index in [1.165, 1.54) is 19.9 Å². The third kappa shape index (κ3) is 6.63. The molecule has 10 heteroatoms. The molecular weight excluding hydrogens is 525 g/mol. The van der Waals surface area contributed by atoms with Crippen LogP contribution in [0.5, 0.6) is 11.5 Å². The van der Waals surface area contributed by atoms with Crippen molar-refractivity contribution in [3.63, 3.8) is 0 Å². The summed E-state index contributed by atoms with van der Waals surface area (Å²) in [5.74, 6) is -1.21. The predicted molar refractivity (Wildman–Crippen MR) is 141 cm³/mol. The summed E-state index contributed by atoms with van der Waals surface area (Å²) >= 11 is 11.9. The van der Waals surface area contributed by atoms with Crippen LogP contribution in [-0.4, -0.2) is 30.7 Å². The highest BCUT2D eigenvalue weighted by Crippen LogP contribution is 2.38. The highest BCUT2D eigenvalue weighted by atomic mass is 35.5. The summed E-state index contributed by atoms with van der Waals surface area (Å²) in [6.07, 6.45) is 0. The molecule has 0 bridgehead atoms. The largest absolute Gasteiger partial charge is 0.505 e. The molecule has 0 aliphatic heterocycles. The van der Waals surface area contributed by atoms with Crippen LogP contribution in [0, 0.1) is 0 Å². The third-order valence-electron chi connectivity index (χ3n) is 4.87. The summed E-state index contributed by atoms with van der Waals surface area (Å²) in [5.41, 5.74) is -0.663. The summed E-state index contributed by atoms with van der Waals surface area (Å²) < 4.78 is 40.4. The summed E-state index contributed by atoms with van der Waals surface area (Å²) in [4.78, 5) is 12.3. The Morgan fingerprint density at radius 2 is 1.56 bits per heavy atom. The van der Waals surface area contributed by atoms with Crippen LogP contribution in [0.25, 0.3) is 11.1 Å². The molecule has 36 heavy (non-hydrogen) atoms. The van der Waals surface area contributed by atoms with Gasteiger partial charge in [-0.25, -0.2) is 13.2 Å². The van der Waals surface area contributed by atoms with Crippen LogP contribution in [0.15, 0.2) is 65.6 Å². The van der Waals surface area contributed by atoms with E-state index in [0.29, 0.717) is 5.56 Å². The molecule has 0 saturated heterocycles. The molecule has 7 nitrogen and oxygen atoms in total. The molecule has 0 atom stereocenters. The van der Waals surface area contributed by atoms with E-state index < -0.39 is 37.8 Å². The number of anilines is 1. The number of benzene rings is 3. The number of hydrogen-bond acceptors (Lipinski definition) is 6. The first kappa shape index (κ1) is 27.6. The molecule has 0 radical (unpaired) electrons. The second-order valence-corrected chi connectivity index (χ2v) is 12.0. The van der Waals surface area contributed by atoms with E-state index in [9.17, 15) is 18.3 Å². The molecule has 0 saturated carbocycles. The van der Waals surface area contributed by atoms with Crippen molar-refractivity contribution in [2.45, 2.75) is 50.7 Å². The lowest BCUT2D eigenvalue weighted by molar-refractivity contribution is -0.170. The van der Waals surface area contributed by atoms with Crippen LogP contribution in [0.2, 0.25) is 10.0 Å². The maximum atomic E-state index is 13.3. The van der Waals surface area contributed by atoms with Gasteiger partial charge in [-0.1, -0.05) is 59.6 Å². The van der Waals surface area contributed by atoms with E-state index >= 15 is 0 Å². The zero-order valence-corrected chi connectivity index (χ0v) is 22.8. The molecule has 0 spiro atoms. The standard InChI is InChI=1S/C26H27Cl2NO6S/c1-25(2,3)35-24(31)26(4,5)34-21-12-11-17(16-9-7-6-8-10-16)13-20(21)29-36(32,33)22-15-18(27)14-19(28)23(22)30/h6-15,29-30H,1-5H3. The molecule has 3 aromatic carbocycles. The summed E-state index contributed by atoms with van der Waals surface area (Å²) in [5, 5.41) is 10.1. The van der Waals surface area contributed by atoms with E-state index in [1.807, 2.05) is 30.3 Å². The first-order valence-corrected chi connectivity index (χ1v) is 13.2. The van der Waals surface area contributed by atoms with Crippen molar-refractivity contribution in [1.29, 1.82) is 0 Å². The SMILES string of the molecule is CC(C)(C)OC(=O)C(C)(C)Oc1ccc(-c2ccccc2)cc1NS(=O)(=O)c1cc(Cl)cc(Cl)c1O. The molecule has 192 valence electrons. The van der Waals surface area contributed by atoms with Gasteiger partial charge < -0.3 is 14.6 Å². The number of aromatic hydroxyl groups is 1. The van der Waals surface area contributed by atoms with Crippen LogP contribution in [0.3, 0.4) is 0 Å². The summed E-state index contributed by atoms with van der Waals surface area (Å²) in [6.45, 7) is 8.24. The number of phenols is 1. The Hall–Kier alpha value is -2.94. The molecule has 2 N–H and O–H groups in total. The van der Waals surface area contributed by atoms with Crippen LogP contribution < -0.4 is 9.46 Å².